The first-order valence-electron chi connectivity index (χ1n) is 6.19. The van der Waals surface area contributed by atoms with Crippen LogP contribution in [0.5, 0.6) is 0 Å². The molecule has 0 bridgehead atoms. The van der Waals surface area contributed by atoms with Crippen LogP contribution in [0.3, 0.4) is 0 Å². The Hall–Kier alpha value is -1.66. The van der Waals surface area contributed by atoms with E-state index in [2.05, 4.69) is 10.2 Å². The van der Waals surface area contributed by atoms with Gasteiger partial charge in [-0.2, -0.15) is 0 Å². The third kappa shape index (κ3) is 3.65. The van der Waals surface area contributed by atoms with Gasteiger partial charge in [0.25, 0.3) is 5.91 Å². The van der Waals surface area contributed by atoms with Crippen molar-refractivity contribution < 1.29 is 13.9 Å². The van der Waals surface area contributed by atoms with Crippen molar-refractivity contribution in [3.63, 3.8) is 0 Å². The molecule has 0 saturated carbocycles. The lowest BCUT2D eigenvalue weighted by Gasteiger charge is -2.30. The van der Waals surface area contributed by atoms with Gasteiger partial charge in [0.15, 0.2) is 0 Å². The van der Waals surface area contributed by atoms with Crippen molar-refractivity contribution in [2.45, 2.75) is 6.10 Å². The van der Waals surface area contributed by atoms with Crippen molar-refractivity contribution >= 4 is 11.6 Å². The quantitative estimate of drug-likeness (QED) is 0.781. The van der Waals surface area contributed by atoms with E-state index in [1.807, 2.05) is 7.05 Å². The number of benzene rings is 1. The Morgan fingerprint density at radius 1 is 1.63 bits per heavy atom. The molecule has 0 aromatic heterocycles. The molecule has 1 atom stereocenters. The fourth-order valence-corrected chi connectivity index (χ4v) is 1.98. The van der Waals surface area contributed by atoms with Crippen LogP contribution in [0.4, 0.5) is 10.1 Å². The second kappa shape index (κ2) is 5.99. The molecule has 19 heavy (non-hydrogen) atoms. The molecule has 6 heteroatoms. The number of morpholine rings is 1. The molecule has 1 aliphatic heterocycles. The van der Waals surface area contributed by atoms with Gasteiger partial charge in [-0.15, -0.1) is 0 Å². The predicted molar refractivity (Wildman–Crippen MR) is 70.4 cm³/mol. The van der Waals surface area contributed by atoms with Crippen LogP contribution in [0.2, 0.25) is 0 Å². The fourth-order valence-electron chi connectivity index (χ4n) is 1.98. The highest BCUT2D eigenvalue weighted by molar-refractivity contribution is 5.95. The van der Waals surface area contributed by atoms with E-state index in [1.165, 1.54) is 18.2 Å². The van der Waals surface area contributed by atoms with Crippen molar-refractivity contribution in [2.75, 3.05) is 39.0 Å². The van der Waals surface area contributed by atoms with Gasteiger partial charge in [0.1, 0.15) is 5.82 Å². The summed E-state index contributed by atoms with van der Waals surface area (Å²) in [5, 5.41) is 2.77. The zero-order chi connectivity index (χ0) is 13.8. The van der Waals surface area contributed by atoms with Gasteiger partial charge < -0.3 is 20.7 Å². The summed E-state index contributed by atoms with van der Waals surface area (Å²) >= 11 is 0. The molecule has 0 radical (unpaired) electrons. The smallest absolute Gasteiger partial charge is 0.251 e. The zero-order valence-electron chi connectivity index (χ0n) is 10.9. The van der Waals surface area contributed by atoms with E-state index >= 15 is 0 Å². The van der Waals surface area contributed by atoms with Crippen molar-refractivity contribution in [2.24, 2.45) is 0 Å². The molecule has 1 fully saturated rings. The Bertz CT molecular complexity index is 467. The number of hydrogen-bond donors (Lipinski definition) is 2. The highest BCUT2D eigenvalue weighted by atomic mass is 19.1. The molecule has 104 valence electrons. The number of nitrogens with zero attached hydrogens (tertiary/aromatic N) is 1. The summed E-state index contributed by atoms with van der Waals surface area (Å²) in [6.45, 7) is 2.78. The van der Waals surface area contributed by atoms with E-state index in [0.29, 0.717) is 18.7 Å². The molecule has 1 aromatic rings. The minimum atomic E-state index is -0.520. The Morgan fingerprint density at radius 2 is 2.42 bits per heavy atom. The number of nitrogen functional groups attached to an aromatic ring is 1. The lowest BCUT2D eigenvalue weighted by atomic mass is 10.2. The molecular formula is C13H18FN3O2. The molecule has 1 heterocycles. The fraction of sp³-hybridized carbons (Fsp3) is 0.462. The highest BCUT2D eigenvalue weighted by Gasteiger charge is 2.18. The third-order valence-corrected chi connectivity index (χ3v) is 3.09. The van der Waals surface area contributed by atoms with Crippen LogP contribution in [-0.4, -0.2) is 50.2 Å². The standard InChI is InChI=1S/C13H18FN3O2/c1-17-4-5-19-10(8-17)7-16-13(18)9-2-3-11(14)12(15)6-9/h2-3,6,10H,4-5,7-8,15H2,1H3,(H,16,18). The van der Waals surface area contributed by atoms with Crippen molar-refractivity contribution in [1.29, 1.82) is 0 Å². The Morgan fingerprint density at radius 3 is 3.11 bits per heavy atom. The maximum absolute atomic E-state index is 13.0. The molecule has 1 saturated heterocycles. The molecule has 1 aromatic carbocycles. The summed E-state index contributed by atoms with van der Waals surface area (Å²) in [4.78, 5) is 14.0. The van der Waals surface area contributed by atoms with Gasteiger partial charge in [0.2, 0.25) is 0 Å². The van der Waals surface area contributed by atoms with E-state index < -0.39 is 5.82 Å². The summed E-state index contributed by atoms with van der Waals surface area (Å²) in [7, 11) is 2.01. The molecular weight excluding hydrogens is 249 g/mol. The average molecular weight is 267 g/mol. The number of halogens is 1. The van der Waals surface area contributed by atoms with Crippen LogP contribution < -0.4 is 11.1 Å². The molecule has 1 aliphatic rings. The first kappa shape index (κ1) is 13.8. The topological polar surface area (TPSA) is 67.6 Å². The number of carbonyl (C=O) groups is 1. The number of likely N-dealkylation sites (N-methyl/N-ethyl adjacent to an activating group) is 1. The van der Waals surface area contributed by atoms with Gasteiger partial charge in [-0.25, -0.2) is 4.39 Å². The Balaban J connectivity index is 1.88. The van der Waals surface area contributed by atoms with Gasteiger partial charge in [-0.05, 0) is 25.2 Å². The Kier molecular flexibility index (Phi) is 4.34. The second-order valence-corrected chi connectivity index (χ2v) is 4.70. The number of carbonyl (C=O) groups excluding carboxylic acids is 1. The normalized spacial score (nSPS) is 20.2. The summed E-state index contributed by atoms with van der Waals surface area (Å²) < 4.78 is 18.5. The SMILES string of the molecule is CN1CCOC(CNC(=O)c2ccc(F)c(N)c2)C1. The first-order valence-corrected chi connectivity index (χ1v) is 6.19. The molecule has 3 N–H and O–H groups in total. The number of nitrogens with one attached hydrogen (secondary N) is 1. The lowest BCUT2D eigenvalue weighted by molar-refractivity contribution is -0.0175. The lowest BCUT2D eigenvalue weighted by Crippen LogP contribution is -2.45. The molecule has 1 unspecified atom stereocenters. The average Bonchev–Trinajstić information content (AvgIpc) is 2.39. The molecule has 0 aliphatic carbocycles. The first-order chi connectivity index (χ1) is 9.06. The number of amides is 1. The summed E-state index contributed by atoms with van der Waals surface area (Å²) in [5.41, 5.74) is 5.75. The third-order valence-electron chi connectivity index (χ3n) is 3.09. The van der Waals surface area contributed by atoms with Gasteiger partial charge in [0, 0.05) is 25.2 Å². The minimum absolute atomic E-state index is 0.0134. The minimum Gasteiger partial charge on any atom is -0.396 e. The Labute approximate surface area is 111 Å². The van der Waals surface area contributed by atoms with E-state index in [4.69, 9.17) is 10.5 Å². The largest absolute Gasteiger partial charge is 0.396 e. The zero-order valence-corrected chi connectivity index (χ0v) is 10.9. The van der Waals surface area contributed by atoms with E-state index in [1.54, 1.807) is 0 Å². The van der Waals surface area contributed by atoms with Crippen molar-refractivity contribution in [1.82, 2.24) is 10.2 Å². The predicted octanol–water partition coefficient (Wildman–Crippen LogP) is 0.468. The monoisotopic (exact) mass is 267 g/mol. The number of nitrogens with two attached hydrogens (primary N) is 1. The van der Waals surface area contributed by atoms with Gasteiger partial charge in [-0.3, -0.25) is 4.79 Å². The van der Waals surface area contributed by atoms with Crippen LogP contribution in [0, 0.1) is 5.82 Å². The molecule has 0 spiro atoms. The maximum atomic E-state index is 13.0. The van der Waals surface area contributed by atoms with Crippen LogP contribution in [-0.2, 0) is 4.74 Å². The number of anilines is 1. The van der Waals surface area contributed by atoms with Crippen molar-refractivity contribution in [3.8, 4) is 0 Å². The van der Waals surface area contributed by atoms with Crippen LogP contribution in [0.1, 0.15) is 10.4 Å². The summed E-state index contributed by atoms with van der Waals surface area (Å²) in [6.07, 6.45) is -0.0134. The van der Waals surface area contributed by atoms with Crippen LogP contribution in [0.25, 0.3) is 0 Å². The van der Waals surface area contributed by atoms with Gasteiger partial charge >= 0.3 is 0 Å². The van der Waals surface area contributed by atoms with E-state index in [0.717, 1.165) is 13.1 Å². The molecule has 2 rings (SSSR count). The molecule has 1 amide bonds. The molecule has 5 nitrogen and oxygen atoms in total. The number of rotatable bonds is 3. The van der Waals surface area contributed by atoms with Crippen LogP contribution in [0.15, 0.2) is 18.2 Å². The number of ether oxygens (including phenoxy) is 1. The van der Waals surface area contributed by atoms with Crippen molar-refractivity contribution in [3.05, 3.63) is 29.6 Å². The maximum Gasteiger partial charge on any atom is 0.251 e. The van der Waals surface area contributed by atoms with Gasteiger partial charge in [0.05, 0.1) is 18.4 Å². The summed E-state index contributed by atoms with van der Waals surface area (Å²) in [5.74, 6) is -0.794. The van der Waals surface area contributed by atoms with E-state index in [-0.39, 0.29) is 17.7 Å². The number of hydrogen-bond acceptors (Lipinski definition) is 4. The summed E-state index contributed by atoms with van der Waals surface area (Å²) in [6, 6.07) is 3.93. The highest BCUT2D eigenvalue weighted by Crippen LogP contribution is 2.12. The van der Waals surface area contributed by atoms with Gasteiger partial charge in [-0.1, -0.05) is 0 Å². The van der Waals surface area contributed by atoms with Crippen LogP contribution >= 0.6 is 0 Å². The van der Waals surface area contributed by atoms with E-state index in [9.17, 15) is 9.18 Å². The second-order valence-electron chi connectivity index (χ2n) is 4.70.